The van der Waals surface area contributed by atoms with E-state index in [1.165, 1.54) is 0 Å². The molecule has 0 aliphatic heterocycles. The highest BCUT2D eigenvalue weighted by atomic mass is 16.5. The van der Waals surface area contributed by atoms with Crippen molar-refractivity contribution in [3.8, 4) is 5.75 Å². The van der Waals surface area contributed by atoms with Gasteiger partial charge in [0, 0.05) is 6.04 Å². The highest BCUT2D eigenvalue weighted by molar-refractivity contribution is 6.10. The van der Waals surface area contributed by atoms with E-state index >= 15 is 0 Å². The van der Waals surface area contributed by atoms with E-state index in [0.717, 1.165) is 12.0 Å². The summed E-state index contributed by atoms with van der Waals surface area (Å²) in [6.07, 6.45) is 0.826. The zero-order valence-electron chi connectivity index (χ0n) is 17.2. The summed E-state index contributed by atoms with van der Waals surface area (Å²) in [5.74, 6) is -0.0586. The summed E-state index contributed by atoms with van der Waals surface area (Å²) >= 11 is 0. The predicted octanol–water partition coefficient (Wildman–Crippen LogP) is 5.05. The molecule has 0 saturated heterocycles. The summed E-state index contributed by atoms with van der Waals surface area (Å²) in [5.41, 5.74) is 2.31. The summed E-state index contributed by atoms with van der Waals surface area (Å²) in [7, 11) is 0. The average Bonchev–Trinajstić information content (AvgIpc) is 2.78. The van der Waals surface area contributed by atoms with Crippen LogP contribution in [0.5, 0.6) is 5.75 Å². The van der Waals surface area contributed by atoms with Crippen molar-refractivity contribution in [3.63, 3.8) is 0 Å². The third-order valence-corrected chi connectivity index (χ3v) is 4.78. The first-order chi connectivity index (χ1) is 14.6. The Morgan fingerprint density at radius 3 is 2.20 bits per heavy atom. The molecule has 154 valence electrons. The van der Waals surface area contributed by atoms with Gasteiger partial charge in [0.15, 0.2) is 0 Å². The number of para-hydroxylation sites is 2. The van der Waals surface area contributed by atoms with Gasteiger partial charge >= 0.3 is 0 Å². The summed E-state index contributed by atoms with van der Waals surface area (Å²) in [4.78, 5) is 25.6. The summed E-state index contributed by atoms with van der Waals surface area (Å²) < 4.78 is 5.89. The van der Waals surface area contributed by atoms with Crippen LogP contribution in [0.2, 0.25) is 0 Å². The highest BCUT2D eigenvalue weighted by Crippen LogP contribution is 2.22. The molecule has 0 saturated carbocycles. The van der Waals surface area contributed by atoms with Gasteiger partial charge in [-0.1, -0.05) is 61.5 Å². The van der Waals surface area contributed by atoms with Crippen LogP contribution in [0.1, 0.15) is 46.5 Å². The van der Waals surface area contributed by atoms with Gasteiger partial charge in [-0.2, -0.15) is 0 Å². The minimum atomic E-state index is -0.331. The summed E-state index contributed by atoms with van der Waals surface area (Å²) in [6, 6.07) is 23.9. The maximum absolute atomic E-state index is 13.0. The molecule has 2 N–H and O–H groups in total. The number of carbonyl (C=O) groups excluding carboxylic acids is 2. The van der Waals surface area contributed by atoms with Crippen LogP contribution in [0, 0.1) is 0 Å². The SMILES string of the molecule is CCC(C)NC(=O)c1ccccc1NC(=O)c1ccccc1OCc1ccccc1. The molecule has 0 spiro atoms. The highest BCUT2D eigenvalue weighted by Gasteiger charge is 2.17. The fourth-order valence-corrected chi connectivity index (χ4v) is 2.90. The normalized spacial score (nSPS) is 11.4. The Morgan fingerprint density at radius 1 is 0.833 bits per heavy atom. The van der Waals surface area contributed by atoms with Gasteiger partial charge in [0.05, 0.1) is 16.8 Å². The fraction of sp³-hybridized carbons (Fsp3) is 0.200. The van der Waals surface area contributed by atoms with Gasteiger partial charge < -0.3 is 15.4 Å². The first-order valence-corrected chi connectivity index (χ1v) is 10.1. The van der Waals surface area contributed by atoms with Crippen LogP contribution < -0.4 is 15.4 Å². The first-order valence-electron chi connectivity index (χ1n) is 10.1. The molecule has 0 aliphatic carbocycles. The number of anilines is 1. The lowest BCUT2D eigenvalue weighted by molar-refractivity contribution is 0.0940. The first kappa shape index (κ1) is 21.1. The minimum Gasteiger partial charge on any atom is -0.488 e. The van der Waals surface area contributed by atoms with Crippen LogP contribution in [0.3, 0.4) is 0 Å². The molecule has 3 aromatic rings. The van der Waals surface area contributed by atoms with E-state index in [2.05, 4.69) is 10.6 Å². The predicted molar refractivity (Wildman–Crippen MR) is 119 cm³/mol. The molecule has 5 heteroatoms. The van der Waals surface area contributed by atoms with Gasteiger partial charge in [-0.05, 0) is 43.2 Å². The topological polar surface area (TPSA) is 67.4 Å². The molecule has 3 rings (SSSR count). The number of nitrogens with one attached hydrogen (secondary N) is 2. The quantitative estimate of drug-likeness (QED) is 0.554. The Morgan fingerprint density at radius 2 is 1.47 bits per heavy atom. The largest absolute Gasteiger partial charge is 0.488 e. The lowest BCUT2D eigenvalue weighted by atomic mass is 10.1. The second-order valence-electron chi connectivity index (χ2n) is 7.05. The van der Waals surface area contributed by atoms with Crippen molar-refractivity contribution in [2.24, 2.45) is 0 Å². The van der Waals surface area contributed by atoms with Gasteiger partial charge in [0.25, 0.3) is 11.8 Å². The van der Waals surface area contributed by atoms with Gasteiger partial charge in [0.1, 0.15) is 12.4 Å². The lowest BCUT2D eigenvalue weighted by Gasteiger charge is -2.15. The van der Waals surface area contributed by atoms with Crippen molar-refractivity contribution < 1.29 is 14.3 Å². The molecular weight excluding hydrogens is 376 g/mol. The van der Waals surface area contributed by atoms with E-state index in [4.69, 9.17) is 4.74 Å². The summed E-state index contributed by atoms with van der Waals surface area (Å²) in [5, 5.41) is 5.79. The minimum absolute atomic E-state index is 0.0494. The third-order valence-electron chi connectivity index (χ3n) is 4.78. The number of amides is 2. The van der Waals surface area contributed by atoms with Crippen molar-refractivity contribution in [3.05, 3.63) is 95.6 Å². The summed E-state index contributed by atoms with van der Waals surface area (Å²) in [6.45, 7) is 4.31. The van der Waals surface area contributed by atoms with Crippen LogP contribution in [-0.2, 0) is 6.61 Å². The molecule has 0 heterocycles. The number of rotatable bonds is 8. The Balaban J connectivity index is 1.76. The Labute approximate surface area is 177 Å². The van der Waals surface area contributed by atoms with Gasteiger partial charge in [-0.25, -0.2) is 0 Å². The molecule has 30 heavy (non-hydrogen) atoms. The molecule has 1 atom stereocenters. The monoisotopic (exact) mass is 402 g/mol. The van der Waals surface area contributed by atoms with Gasteiger partial charge in [-0.15, -0.1) is 0 Å². The standard InChI is InChI=1S/C25H26N2O3/c1-3-18(2)26-24(28)20-13-7-9-15-22(20)27-25(29)21-14-8-10-16-23(21)30-17-19-11-5-4-6-12-19/h4-16,18H,3,17H2,1-2H3,(H,26,28)(H,27,29). The van der Waals surface area contributed by atoms with Crippen molar-refractivity contribution in [1.82, 2.24) is 5.32 Å². The molecule has 0 fully saturated rings. The Bertz CT molecular complexity index is 1000. The maximum atomic E-state index is 13.0. The number of ether oxygens (including phenoxy) is 1. The van der Waals surface area contributed by atoms with Crippen molar-refractivity contribution in [2.75, 3.05) is 5.32 Å². The maximum Gasteiger partial charge on any atom is 0.259 e. The van der Waals surface area contributed by atoms with Crippen LogP contribution in [0.4, 0.5) is 5.69 Å². The lowest BCUT2D eigenvalue weighted by Crippen LogP contribution is -2.32. The second-order valence-corrected chi connectivity index (χ2v) is 7.05. The number of hydrogen-bond donors (Lipinski definition) is 2. The number of carbonyl (C=O) groups is 2. The molecule has 5 nitrogen and oxygen atoms in total. The molecule has 1 unspecified atom stereocenters. The number of benzene rings is 3. The molecule has 0 bridgehead atoms. The molecule has 0 aliphatic rings. The zero-order chi connectivity index (χ0) is 21.3. The third kappa shape index (κ3) is 5.47. The van der Waals surface area contributed by atoms with Crippen molar-refractivity contribution >= 4 is 17.5 Å². The molecule has 2 amide bonds. The van der Waals surface area contributed by atoms with Gasteiger partial charge in [-0.3, -0.25) is 9.59 Å². The van der Waals surface area contributed by atoms with E-state index in [-0.39, 0.29) is 17.9 Å². The van der Waals surface area contributed by atoms with Crippen LogP contribution in [0.25, 0.3) is 0 Å². The van der Waals surface area contributed by atoms with Crippen LogP contribution in [0.15, 0.2) is 78.9 Å². The van der Waals surface area contributed by atoms with E-state index in [0.29, 0.717) is 29.2 Å². The van der Waals surface area contributed by atoms with Crippen LogP contribution in [-0.4, -0.2) is 17.9 Å². The van der Waals surface area contributed by atoms with Crippen LogP contribution >= 0.6 is 0 Å². The van der Waals surface area contributed by atoms with Crippen molar-refractivity contribution in [1.29, 1.82) is 0 Å². The van der Waals surface area contributed by atoms with E-state index in [9.17, 15) is 9.59 Å². The second kappa shape index (κ2) is 10.3. The number of hydrogen-bond acceptors (Lipinski definition) is 3. The average molecular weight is 402 g/mol. The van der Waals surface area contributed by atoms with E-state index in [1.807, 2.05) is 50.2 Å². The smallest absolute Gasteiger partial charge is 0.259 e. The Hall–Kier alpha value is -3.60. The van der Waals surface area contributed by atoms with E-state index in [1.54, 1.807) is 42.5 Å². The molecule has 0 radical (unpaired) electrons. The fourth-order valence-electron chi connectivity index (χ4n) is 2.90. The zero-order valence-corrected chi connectivity index (χ0v) is 17.2. The molecule has 0 aromatic heterocycles. The Kier molecular flexibility index (Phi) is 7.22. The van der Waals surface area contributed by atoms with E-state index < -0.39 is 0 Å². The molecule has 3 aromatic carbocycles. The van der Waals surface area contributed by atoms with Crippen molar-refractivity contribution in [2.45, 2.75) is 32.9 Å². The van der Waals surface area contributed by atoms with Gasteiger partial charge in [0.2, 0.25) is 0 Å². The molecular formula is C25H26N2O3.